The largest absolute Gasteiger partial charge is 0.458 e. The van der Waals surface area contributed by atoms with E-state index in [2.05, 4.69) is 26.9 Å². The molecule has 4 N–H and O–H groups in total. The summed E-state index contributed by atoms with van der Waals surface area (Å²) in [6.45, 7) is 4.92. The van der Waals surface area contributed by atoms with Gasteiger partial charge in [-0.15, -0.1) is 0 Å². The maximum atomic E-state index is 12.9. The Morgan fingerprint density at radius 1 is 1.15 bits per heavy atom. The quantitative estimate of drug-likeness (QED) is 0.328. The number of H-pyrrole nitrogens is 2. The zero-order chi connectivity index (χ0) is 28.2. The minimum Gasteiger partial charge on any atom is -0.458 e. The number of aliphatic hydroxyl groups excluding tert-OH is 1. The van der Waals surface area contributed by atoms with Crippen molar-refractivity contribution < 1.29 is 29.3 Å². The summed E-state index contributed by atoms with van der Waals surface area (Å²) in [5.74, 6) is -0.462. The molecule has 0 spiro atoms. The van der Waals surface area contributed by atoms with Crippen molar-refractivity contribution in [1.82, 2.24) is 19.9 Å². The molecule has 0 aliphatic heterocycles. The Morgan fingerprint density at radius 3 is 2.62 bits per heavy atom. The zero-order valence-electron chi connectivity index (χ0n) is 22.5. The van der Waals surface area contributed by atoms with Gasteiger partial charge in [0.2, 0.25) is 5.78 Å². The van der Waals surface area contributed by atoms with Gasteiger partial charge in [0.15, 0.2) is 22.7 Å². The van der Waals surface area contributed by atoms with Crippen molar-refractivity contribution in [2.24, 2.45) is 28.6 Å². The van der Waals surface area contributed by atoms with Crippen molar-refractivity contribution >= 4 is 40.9 Å². The lowest BCUT2D eigenvalue weighted by Crippen LogP contribution is -2.62. The van der Waals surface area contributed by atoms with Crippen LogP contribution in [0.4, 0.5) is 0 Å². The van der Waals surface area contributed by atoms with Crippen LogP contribution < -0.4 is 0 Å². The molecule has 4 aliphatic carbocycles. The van der Waals surface area contributed by atoms with Crippen molar-refractivity contribution in [3.8, 4) is 0 Å². The van der Waals surface area contributed by atoms with E-state index < -0.39 is 35.5 Å². The normalized spacial score (nSPS) is 37.1. The maximum Gasteiger partial charge on any atom is 0.303 e. The highest BCUT2D eigenvalue weighted by Gasteiger charge is 2.68. The number of aromatic nitrogens is 4. The van der Waals surface area contributed by atoms with E-state index in [1.54, 1.807) is 12.4 Å². The summed E-state index contributed by atoms with van der Waals surface area (Å²) in [5, 5.41) is 22.8. The SMILES string of the molecule is CC(=O)OCC(=O)[C@@]1(O)CC[C@H]2[C@@H]3CCC4=CC(=O)CC[C@]4(C)[C@H]3[C@@H](O)C[C@@]21C.S=c1nc[nH]c2nc[nH]c12. The molecular weight excluding hydrogens is 520 g/mol. The Hall–Kier alpha value is -2.76. The topological polar surface area (TPSA) is 158 Å². The van der Waals surface area contributed by atoms with Gasteiger partial charge in [-0.25, -0.2) is 9.97 Å². The standard InChI is InChI=1S/C23H32O6.C5H4N4S/c1-13(24)29-12-19(27)23(28)9-7-17-16-5-4-14-10-15(25)6-8-21(14,2)20(16)18(26)11-22(17,23)3;10-5-3-4(7-1-6-3)8-2-9-5/h10,16-18,20,26,28H,4-9,11-12H2,1-3H3;1-2H,(H2,6,7,8,9,10)/t16-,17-,18-,20+,21-,22-,23-;/m0./s1. The molecule has 39 heavy (non-hydrogen) atoms. The number of carbonyl (C=O) groups excluding carboxylic acids is 3. The first kappa shape index (κ1) is 27.8. The van der Waals surface area contributed by atoms with Crippen molar-refractivity contribution in [1.29, 1.82) is 0 Å². The summed E-state index contributed by atoms with van der Waals surface area (Å²) in [6, 6.07) is 0. The summed E-state index contributed by atoms with van der Waals surface area (Å²) in [7, 11) is 0. The van der Waals surface area contributed by atoms with Gasteiger partial charge in [0.1, 0.15) is 11.1 Å². The molecule has 11 heteroatoms. The van der Waals surface area contributed by atoms with Crippen LogP contribution in [0.3, 0.4) is 0 Å². The predicted molar refractivity (Wildman–Crippen MR) is 144 cm³/mol. The summed E-state index contributed by atoms with van der Waals surface area (Å²) < 4.78 is 5.43. The Balaban J connectivity index is 0.000000257. The number of nitrogens with one attached hydrogen (secondary N) is 2. The number of imidazole rings is 1. The van der Waals surface area contributed by atoms with Crippen molar-refractivity contribution in [2.75, 3.05) is 6.61 Å². The van der Waals surface area contributed by atoms with Crippen molar-refractivity contribution in [3.63, 3.8) is 0 Å². The van der Waals surface area contributed by atoms with E-state index in [0.29, 0.717) is 23.9 Å². The number of ether oxygens (including phenoxy) is 1. The molecule has 2 heterocycles. The molecule has 7 atom stereocenters. The molecule has 0 amide bonds. The number of esters is 1. The monoisotopic (exact) mass is 556 g/mol. The second kappa shape index (κ2) is 10.0. The lowest BCUT2D eigenvalue weighted by Gasteiger charge is -2.60. The van der Waals surface area contributed by atoms with Crippen LogP contribution in [0.1, 0.15) is 65.7 Å². The number of ketones is 2. The first-order valence-corrected chi connectivity index (χ1v) is 14.0. The van der Waals surface area contributed by atoms with Crippen LogP contribution >= 0.6 is 12.2 Å². The van der Waals surface area contributed by atoms with Gasteiger partial charge in [-0.1, -0.05) is 31.6 Å². The van der Waals surface area contributed by atoms with Gasteiger partial charge in [0.25, 0.3) is 0 Å². The van der Waals surface area contributed by atoms with Gasteiger partial charge in [-0.05, 0) is 67.8 Å². The third-order valence-corrected chi connectivity index (χ3v) is 10.5. The smallest absolute Gasteiger partial charge is 0.303 e. The number of aromatic amines is 2. The molecule has 2 aromatic heterocycles. The fourth-order valence-corrected chi connectivity index (χ4v) is 8.43. The fourth-order valence-electron chi connectivity index (χ4n) is 8.22. The van der Waals surface area contributed by atoms with Gasteiger partial charge < -0.3 is 24.9 Å². The molecule has 4 aliphatic rings. The summed E-state index contributed by atoms with van der Waals surface area (Å²) >= 11 is 4.91. The number of hydrogen-bond donors (Lipinski definition) is 4. The second-order valence-corrected chi connectivity index (χ2v) is 12.4. The van der Waals surface area contributed by atoms with E-state index in [-0.39, 0.29) is 29.0 Å². The molecule has 210 valence electrons. The van der Waals surface area contributed by atoms with E-state index in [0.717, 1.165) is 42.4 Å². The highest BCUT2D eigenvalue weighted by atomic mass is 32.1. The molecule has 3 saturated carbocycles. The van der Waals surface area contributed by atoms with E-state index in [1.807, 2.05) is 6.92 Å². The average Bonchev–Trinajstić information content (AvgIpc) is 3.47. The number of aliphatic hydroxyl groups is 2. The second-order valence-electron chi connectivity index (χ2n) is 12.0. The molecule has 6 rings (SSSR count). The first-order valence-electron chi connectivity index (χ1n) is 13.6. The van der Waals surface area contributed by atoms with E-state index in [9.17, 15) is 24.6 Å². The van der Waals surface area contributed by atoms with Gasteiger partial charge in [-0.3, -0.25) is 14.4 Å². The Labute approximate surface area is 231 Å². The summed E-state index contributed by atoms with van der Waals surface area (Å²) in [6.07, 6.45) is 8.65. The van der Waals surface area contributed by atoms with Crippen LogP contribution in [-0.4, -0.2) is 66.0 Å². The number of allylic oxidation sites excluding steroid dienone is 1. The number of hydrogen-bond acceptors (Lipinski definition) is 9. The molecule has 2 aromatic rings. The molecule has 0 saturated heterocycles. The number of rotatable bonds is 3. The fraction of sp³-hybridized carbons (Fsp3) is 0.643. The molecular formula is C28H36N4O6S. The Kier molecular flexibility index (Phi) is 7.13. The summed E-state index contributed by atoms with van der Waals surface area (Å²) in [5.41, 5.74) is 0.181. The summed E-state index contributed by atoms with van der Waals surface area (Å²) in [4.78, 5) is 49.5. The van der Waals surface area contributed by atoms with Crippen LogP contribution in [0, 0.1) is 33.2 Å². The van der Waals surface area contributed by atoms with Crippen molar-refractivity contribution in [3.05, 3.63) is 28.9 Å². The highest BCUT2D eigenvalue weighted by molar-refractivity contribution is 7.71. The number of carbonyl (C=O) groups is 3. The lowest BCUT2D eigenvalue weighted by molar-refractivity contribution is -0.184. The van der Waals surface area contributed by atoms with Crippen LogP contribution in [-0.2, 0) is 19.1 Å². The predicted octanol–water partition coefficient (Wildman–Crippen LogP) is 3.37. The van der Waals surface area contributed by atoms with E-state index in [4.69, 9.17) is 17.0 Å². The first-order chi connectivity index (χ1) is 18.4. The number of fused-ring (bicyclic) bond motifs is 6. The zero-order valence-corrected chi connectivity index (χ0v) is 23.3. The van der Waals surface area contributed by atoms with Gasteiger partial charge in [0, 0.05) is 18.8 Å². The van der Waals surface area contributed by atoms with Crippen LogP contribution in [0.2, 0.25) is 0 Å². The van der Waals surface area contributed by atoms with Crippen LogP contribution in [0.15, 0.2) is 24.3 Å². The van der Waals surface area contributed by atoms with Gasteiger partial charge in [0.05, 0.1) is 18.8 Å². The van der Waals surface area contributed by atoms with E-state index >= 15 is 0 Å². The number of nitrogens with zero attached hydrogens (tertiary/aromatic N) is 2. The molecule has 0 bridgehead atoms. The Morgan fingerprint density at radius 2 is 1.90 bits per heavy atom. The highest BCUT2D eigenvalue weighted by Crippen LogP contribution is 2.67. The minimum absolute atomic E-state index is 0.0413. The third kappa shape index (κ3) is 4.48. The molecule has 10 nitrogen and oxygen atoms in total. The van der Waals surface area contributed by atoms with Gasteiger partial charge >= 0.3 is 5.97 Å². The minimum atomic E-state index is -1.58. The Bertz CT molecular complexity index is 1400. The molecule has 0 unspecified atom stereocenters. The number of Topliss-reactive ketones (excluding diaryl/α,β-unsaturated/α-hetero) is 1. The molecule has 0 radical (unpaired) electrons. The molecule has 3 fully saturated rings. The molecule has 0 aromatic carbocycles. The van der Waals surface area contributed by atoms with E-state index in [1.165, 1.54) is 13.3 Å². The maximum absolute atomic E-state index is 12.9. The average molecular weight is 557 g/mol. The van der Waals surface area contributed by atoms with Crippen LogP contribution in [0.25, 0.3) is 11.2 Å². The van der Waals surface area contributed by atoms with Crippen LogP contribution in [0.5, 0.6) is 0 Å². The third-order valence-electron chi connectivity index (χ3n) is 10.2. The van der Waals surface area contributed by atoms with Gasteiger partial charge in [-0.2, -0.15) is 0 Å². The lowest BCUT2D eigenvalue weighted by atomic mass is 9.45. The van der Waals surface area contributed by atoms with Crippen molar-refractivity contribution in [2.45, 2.75) is 77.4 Å².